The summed E-state index contributed by atoms with van der Waals surface area (Å²) in [5.41, 5.74) is -0.214. The van der Waals surface area contributed by atoms with E-state index in [4.69, 9.17) is 5.11 Å². The first-order chi connectivity index (χ1) is 15.5. The summed E-state index contributed by atoms with van der Waals surface area (Å²) >= 11 is 0. The van der Waals surface area contributed by atoms with Gasteiger partial charge < -0.3 is 25.7 Å². The SMILES string of the molecule is C[C@H](CCC(=O)NCC(=O)O)[C@H]1CC[C@H]2[C@@H]3[C@@H](O)C[C@H]4C[C@@H](O)CC[C@]4(C)[C@H]3C[C@H](O)[C@]12C. The summed E-state index contributed by atoms with van der Waals surface area (Å²) in [7, 11) is 0. The molecule has 0 unspecified atom stereocenters. The smallest absolute Gasteiger partial charge is 0.322 e. The largest absolute Gasteiger partial charge is 0.480 e. The summed E-state index contributed by atoms with van der Waals surface area (Å²) in [6.45, 7) is 6.35. The van der Waals surface area contributed by atoms with Crippen molar-refractivity contribution >= 4 is 11.9 Å². The number of aliphatic hydroxyl groups is 3. The number of aliphatic hydroxyl groups excluding tert-OH is 3. The Bertz CT molecular complexity index is 759. The first-order valence-electron chi connectivity index (χ1n) is 13.0. The van der Waals surface area contributed by atoms with Crippen molar-refractivity contribution in [3.05, 3.63) is 0 Å². The summed E-state index contributed by atoms with van der Waals surface area (Å²) in [6, 6.07) is 0. The van der Waals surface area contributed by atoms with Gasteiger partial charge in [-0.2, -0.15) is 0 Å². The van der Waals surface area contributed by atoms with Gasteiger partial charge in [-0.3, -0.25) is 9.59 Å². The Balaban J connectivity index is 1.49. The number of amides is 1. The minimum atomic E-state index is -1.04. The van der Waals surface area contributed by atoms with E-state index < -0.39 is 12.1 Å². The van der Waals surface area contributed by atoms with Crippen LogP contribution in [-0.2, 0) is 9.59 Å². The molecule has 7 heteroatoms. The molecule has 4 fully saturated rings. The number of carbonyl (C=O) groups excluding carboxylic acids is 1. The van der Waals surface area contributed by atoms with Gasteiger partial charge in [-0.05, 0) is 97.7 Å². The number of hydrogen-bond acceptors (Lipinski definition) is 5. The van der Waals surface area contributed by atoms with Crippen molar-refractivity contribution < 1.29 is 30.0 Å². The molecule has 4 saturated carbocycles. The van der Waals surface area contributed by atoms with E-state index in [1.165, 1.54) is 0 Å². The van der Waals surface area contributed by atoms with E-state index in [9.17, 15) is 24.9 Å². The Morgan fingerprint density at radius 3 is 2.45 bits per heavy atom. The molecule has 0 heterocycles. The Labute approximate surface area is 197 Å². The van der Waals surface area contributed by atoms with Crippen LogP contribution >= 0.6 is 0 Å². The third-order valence-corrected chi connectivity index (χ3v) is 10.8. The van der Waals surface area contributed by atoms with Gasteiger partial charge in [0.2, 0.25) is 5.91 Å². The number of hydrogen-bond donors (Lipinski definition) is 5. The number of carbonyl (C=O) groups is 2. The van der Waals surface area contributed by atoms with Crippen LogP contribution in [0.25, 0.3) is 0 Å². The molecule has 5 N–H and O–H groups in total. The molecule has 0 spiro atoms. The molecule has 0 radical (unpaired) electrons. The zero-order valence-corrected chi connectivity index (χ0v) is 20.4. The number of carboxylic acids is 1. The summed E-state index contributed by atoms with van der Waals surface area (Å²) in [4.78, 5) is 22.7. The van der Waals surface area contributed by atoms with Gasteiger partial charge in [0.25, 0.3) is 0 Å². The van der Waals surface area contributed by atoms with Crippen LogP contribution in [0.15, 0.2) is 0 Å². The highest BCUT2D eigenvalue weighted by Gasteiger charge is 2.65. The second-order valence-corrected chi connectivity index (χ2v) is 12.2. The highest BCUT2D eigenvalue weighted by molar-refractivity contribution is 5.81. The molecule has 4 aliphatic rings. The number of aliphatic carboxylic acids is 1. The van der Waals surface area contributed by atoms with E-state index in [1.807, 2.05) is 0 Å². The van der Waals surface area contributed by atoms with Gasteiger partial charge >= 0.3 is 5.97 Å². The van der Waals surface area contributed by atoms with Crippen LogP contribution < -0.4 is 5.32 Å². The second-order valence-electron chi connectivity index (χ2n) is 12.2. The van der Waals surface area contributed by atoms with Crippen LogP contribution in [0.4, 0.5) is 0 Å². The maximum Gasteiger partial charge on any atom is 0.322 e. The molecule has 11 atom stereocenters. The van der Waals surface area contributed by atoms with Crippen molar-refractivity contribution in [2.75, 3.05) is 6.54 Å². The average molecular weight is 466 g/mol. The van der Waals surface area contributed by atoms with Crippen LogP contribution in [0.5, 0.6) is 0 Å². The highest BCUT2D eigenvalue weighted by atomic mass is 16.4. The molecular formula is C26H43NO6. The van der Waals surface area contributed by atoms with Gasteiger partial charge in [0.1, 0.15) is 6.54 Å². The van der Waals surface area contributed by atoms with Gasteiger partial charge in [0.15, 0.2) is 0 Å². The van der Waals surface area contributed by atoms with Gasteiger partial charge in [-0.1, -0.05) is 20.8 Å². The standard InChI is InChI=1S/C26H43NO6/c1-14(4-7-22(31)27-13-23(32)33)17-5-6-18-24-19(12-21(30)26(17,18)3)25(2)9-8-16(28)10-15(25)11-20(24)29/h14-21,24,28-30H,4-13H2,1-3H3,(H,27,31)(H,32,33)/t14-,15-,16+,17-,18+,19+,20+,21+,24+,25+,26-/m1/s1. The maximum absolute atomic E-state index is 12.0. The summed E-state index contributed by atoms with van der Waals surface area (Å²) in [5, 5.41) is 44.4. The number of rotatable bonds is 6. The first kappa shape index (κ1) is 24.9. The minimum Gasteiger partial charge on any atom is -0.480 e. The third-order valence-electron chi connectivity index (χ3n) is 10.8. The van der Waals surface area contributed by atoms with Gasteiger partial charge in [-0.25, -0.2) is 0 Å². The summed E-state index contributed by atoms with van der Waals surface area (Å²) in [5.74, 6) is 0.265. The molecule has 0 bridgehead atoms. The van der Waals surface area contributed by atoms with Gasteiger partial charge in [-0.15, -0.1) is 0 Å². The molecule has 0 aromatic heterocycles. The fraction of sp³-hybridized carbons (Fsp3) is 0.923. The average Bonchev–Trinajstić information content (AvgIpc) is 3.11. The van der Waals surface area contributed by atoms with Crippen LogP contribution in [0.1, 0.15) is 78.6 Å². The zero-order chi connectivity index (χ0) is 24.1. The number of carboxylic acid groups (broad SMARTS) is 1. The fourth-order valence-electron chi connectivity index (χ4n) is 8.95. The van der Waals surface area contributed by atoms with Gasteiger partial charge in [0, 0.05) is 6.42 Å². The van der Waals surface area contributed by atoms with Crippen molar-refractivity contribution in [1.82, 2.24) is 5.32 Å². The predicted octanol–water partition coefficient (Wildman–Crippen LogP) is 2.56. The van der Waals surface area contributed by atoms with Crippen LogP contribution in [-0.4, -0.2) is 57.2 Å². The fourth-order valence-corrected chi connectivity index (χ4v) is 8.95. The van der Waals surface area contributed by atoms with Crippen molar-refractivity contribution in [1.29, 1.82) is 0 Å². The van der Waals surface area contributed by atoms with E-state index in [0.717, 1.165) is 38.5 Å². The van der Waals surface area contributed by atoms with E-state index in [0.29, 0.717) is 25.2 Å². The molecule has 7 nitrogen and oxygen atoms in total. The number of fused-ring (bicyclic) bond motifs is 5. The van der Waals surface area contributed by atoms with E-state index in [1.54, 1.807) is 0 Å². The van der Waals surface area contributed by atoms with Crippen molar-refractivity contribution in [3.8, 4) is 0 Å². The monoisotopic (exact) mass is 465 g/mol. The van der Waals surface area contributed by atoms with E-state index >= 15 is 0 Å². The Kier molecular flexibility index (Phi) is 6.89. The van der Waals surface area contributed by atoms with Crippen molar-refractivity contribution in [2.24, 2.45) is 46.3 Å². The second kappa shape index (κ2) is 9.12. The molecular weight excluding hydrogens is 422 g/mol. The third kappa shape index (κ3) is 4.23. The van der Waals surface area contributed by atoms with E-state index in [2.05, 4.69) is 26.1 Å². The van der Waals surface area contributed by atoms with E-state index in [-0.39, 0.29) is 65.1 Å². The summed E-state index contributed by atoms with van der Waals surface area (Å²) in [6.07, 6.45) is 5.86. The molecule has 188 valence electrons. The van der Waals surface area contributed by atoms with Crippen LogP contribution in [0, 0.1) is 46.3 Å². The molecule has 0 aromatic rings. The molecule has 4 aliphatic carbocycles. The Morgan fingerprint density at radius 1 is 1.03 bits per heavy atom. The normalized spacial score (nSPS) is 47.7. The lowest BCUT2D eigenvalue weighted by Gasteiger charge is -2.63. The van der Waals surface area contributed by atoms with Crippen molar-refractivity contribution in [2.45, 2.75) is 96.9 Å². The van der Waals surface area contributed by atoms with Crippen LogP contribution in [0.2, 0.25) is 0 Å². The minimum absolute atomic E-state index is 0.0668. The molecule has 33 heavy (non-hydrogen) atoms. The molecule has 1 amide bonds. The Morgan fingerprint density at radius 2 is 1.76 bits per heavy atom. The first-order valence-corrected chi connectivity index (χ1v) is 13.0. The van der Waals surface area contributed by atoms with Gasteiger partial charge in [0.05, 0.1) is 18.3 Å². The number of nitrogens with one attached hydrogen (secondary N) is 1. The molecule has 0 aliphatic heterocycles. The molecule has 0 saturated heterocycles. The molecule has 4 rings (SSSR count). The zero-order valence-electron chi connectivity index (χ0n) is 20.4. The van der Waals surface area contributed by atoms with Crippen LogP contribution in [0.3, 0.4) is 0 Å². The summed E-state index contributed by atoms with van der Waals surface area (Å²) < 4.78 is 0. The quantitative estimate of drug-likeness (QED) is 0.410. The lowest BCUT2D eigenvalue weighted by molar-refractivity contribution is -0.207. The maximum atomic E-state index is 12.0. The highest BCUT2D eigenvalue weighted by Crippen LogP contribution is 2.68. The van der Waals surface area contributed by atoms with Crippen molar-refractivity contribution in [3.63, 3.8) is 0 Å². The lowest BCUT2D eigenvalue weighted by atomic mass is 9.43. The topological polar surface area (TPSA) is 127 Å². The Hall–Kier alpha value is -1.18. The predicted molar refractivity (Wildman–Crippen MR) is 123 cm³/mol. The molecule has 0 aromatic carbocycles. The lowest BCUT2D eigenvalue weighted by Crippen LogP contribution is -2.62.